The molecular weight excluding hydrogens is 258 g/mol. The first kappa shape index (κ1) is 18.9. The van der Waals surface area contributed by atoms with E-state index in [4.69, 9.17) is 9.47 Å². The SMILES string of the molecule is CCCN(CCC)CCC(C(=O)OCC)C(=O)OCC. The van der Waals surface area contributed by atoms with Crippen LogP contribution in [0.3, 0.4) is 0 Å². The van der Waals surface area contributed by atoms with Gasteiger partial charge in [0, 0.05) is 0 Å². The van der Waals surface area contributed by atoms with Crippen LogP contribution in [0, 0.1) is 5.92 Å². The highest BCUT2D eigenvalue weighted by Gasteiger charge is 2.29. The Kier molecular flexibility index (Phi) is 11.1. The van der Waals surface area contributed by atoms with Crippen LogP contribution in [0.1, 0.15) is 47.0 Å². The van der Waals surface area contributed by atoms with Crippen LogP contribution in [0.5, 0.6) is 0 Å². The maximum atomic E-state index is 11.8. The lowest BCUT2D eigenvalue weighted by atomic mass is 10.1. The molecule has 0 aromatic rings. The quantitative estimate of drug-likeness (QED) is 0.431. The zero-order valence-electron chi connectivity index (χ0n) is 13.3. The van der Waals surface area contributed by atoms with Crippen LogP contribution in [0.4, 0.5) is 0 Å². The second-order valence-corrected chi connectivity index (χ2v) is 4.69. The molecule has 0 spiro atoms. The highest BCUT2D eigenvalue weighted by Crippen LogP contribution is 2.11. The van der Waals surface area contributed by atoms with Gasteiger partial charge in [-0.25, -0.2) is 0 Å². The number of rotatable bonds is 11. The maximum Gasteiger partial charge on any atom is 0.320 e. The summed E-state index contributed by atoms with van der Waals surface area (Å²) in [6.07, 6.45) is 2.57. The fourth-order valence-electron chi connectivity index (χ4n) is 2.10. The lowest BCUT2D eigenvalue weighted by Crippen LogP contribution is -2.34. The summed E-state index contributed by atoms with van der Waals surface area (Å²) in [5, 5.41) is 0. The molecule has 20 heavy (non-hydrogen) atoms. The molecule has 0 N–H and O–H groups in total. The van der Waals surface area contributed by atoms with Crippen LogP contribution < -0.4 is 0 Å². The maximum absolute atomic E-state index is 11.8. The summed E-state index contributed by atoms with van der Waals surface area (Å²) in [7, 11) is 0. The molecule has 0 saturated heterocycles. The molecule has 0 aliphatic rings. The second kappa shape index (κ2) is 11.7. The molecule has 0 heterocycles. The summed E-state index contributed by atoms with van der Waals surface area (Å²) >= 11 is 0. The van der Waals surface area contributed by atoms with Gasteiger partial charge in [0.2, 0.25) is 0 Å². The minimum atomic E-state index is -0.800. The van der Waals surface area contributed by atoms with Gasteiger partial charge in [0.1, 0.15) is 0 Å². The van der Waals surface area contributed by atoms with Crippen LogP contribution in [-0.4, -0.2) is 49.7 Å². The van der Waals surface area contributed by atoms with E-state index in [1.807, 2.05) is 0 Å². The van der Waals surface area contributed by atoms with Crippen molar-refractivity contribution in [1.82, 2.24) is 4.90 Å². The van der Waals surface area contributed by atoms with Gasteiger partial charge in [0.15, 0.2) is 5.92 Å². The Morgan fingerprint density at radius 1 is 0.850 bits per heavy atom. The average Bonchev–Trinajstić information content (AvgIpc) is 2.40. The number of carbonyl (C=O) groups excluding carboxylic acids is 2. The second-order valence-electron chi connectivity index (χ2n) is 4.69. The van der Waals surface area contributed by atoms with Gasteiger partial charge in [-0.05, 0) is 52.7 Å². The number of carbonyl (C=O) groups is 2. The smallest absolute Gasteiger partial charge is 0.320 e. The third-order valence-electron chi connectivity index (χ3n) is 2.96. The summed E-state index contributed by atoms with van der Waals surface area (Å²) in [5.74, 6) is -1.75. The Labute approximate surface area is 122 Å². The summed E-state index contributed by atoms with van der Waals surface area (Å²) in [6, 6.07) is 0. The van der Waals surface area contributed by atoms with Crippen molar-refractivity contribution in [3.05, 3.63) is 0 Å². The van der Waals surface area contributed by atoms with Crippen molar-refractivity contribution in [2.24, 2.45) is 5.92 Å². The van der Waals surface area contributed by atoms with Crippen LogP contribution in [-0.2, 0) is 19.1 Å². The van der Waals surface area contributed by atoms with Crippen molar-refractivity contribution in [3.63, 3.8) is 0 Å². The average molecular weight is 287 g/mol. The molecule has 5 nitrogen and oxygen atoms in total. The van der Waals surface area contributed by atoms with Gasteiger partial charge in [0.05, 0.1) is 13.2 Å². The number of hydrogen-bond acceptors (Lipinski definition) is 5. The lowest BCUT2D eigenvalue weighted by molar-refractivity contribution is -0.162. The number of esters is 2. The van der Waals surface area contributed by atoms with Crippen molar-refractivity contribution in [2.75, 3.05) is 32.8 Å². The van der Waals surface area contributed by atoms with Gasteiger partial charge in [-0.3, -0.25) is 9.59 Å². The van der Waals surface area contributed by atoms with E-state index >= 15 is 0 Å². The van der Waals surface area contributed by atoms with Crippen LogP contribution >= 0.6 is 0 Å². The Balaban J connectivity index is 4.53. The van der Waals surface area contributed by atoms with E-state index in [1.165, 1.54) is 0 Å². The molecule has 5 heteroatoms. The normalized spacial score (nSPS) is 10.9. The van der Waals surface area contributed by atoms with E-state index in [0.717, 1.165) is 25.9 Å². The van der Waals surface area contributed by atoms with Crippen LogP contribution in [0.15, 0.2) is 0 Å². The molecule has 0 aromatic heterocycles. The molecule has 0 bridgehead atoms. The Morgan fingerprint density at radius 2 is 1.30 bits per heavy atom. The highest BCUT2D eigenvalue weighted by molar-refractivity contribution is 5.94. The van der Waals surface area contributed by atoms with E-state index in [-0.39, 0.29) is 13.2 Å². The fraction of sp³-hybridized carbons (Fsp3) is 0.867. The molecule has 118 valence electrons. The van der Waals surface area contributed by atoms with Gasteiger partial charge in [-0.1, -0.05) is 13.8 Å². The van der Waals surface area contributed by atoms with Gasteiger partial charge < -0.3 is 14.4 Å². The molecule has 0 atom stereocenters. The Morgan fingerprint density at radius 3 is 1.65 bits per heavy atom. The number of nitrogens with zero attached hydrogens (tertiary/aromatic N) is 1. The topological polar surface area (TPSA) is 55.8 Å². The summed E-state index contributed by atoms with van der Waals surface area (Å²) < 4.78 is 9.93. The highest BCUT2D eigenvalue weighted by atomic mass is 16.6. The molecule has 0 aliphatic heterocycles. The fourth-order valence-corrected chi connectivity index (χ4v) is 2.10. The summed E-state index contributed by atoms with van der Waals surface area (Å²) in [5.41, 5.74) is 0. The van der Waals surface area contributed by atoms with E-state index in [1.54, 1.807) is 13.8 Å². The summed E-state index contributed by atoms with van der Waals surface area (Å²) in [4.78, 5) is 26.0. The Bertz CT molecular complexity index is 257. The van der Waals surface area contributed by atoms with Crippen molar-refractivity contribution in [2.45, 2.75) is 47.0 Å². The molecule has 0 aromatic carbocycles. The van der Waals surface area contributed by atoms with E-state index < -0.39 is 17.9 Å². The van der Waals surface area contributed by atoms with Gasteiger partial charge in [0.25, 0.3) is 0 Å². The predicted octanol–water partition coefficient (Wildman–Crippen LogP) is 2.24. The monoisotopic (exact) mass is 287 g/mol. The van der Waals surface area contributed by atoms with Gasteiger partial charge in [-0.15, -0.1) is 0 Å². The molecule has 0 aliphatic carbocycles. The minimum Gasteiger partial charge on any atom is -0.465 e. The first-order chi connectivity index (χ1) is 9.60. The molecule has 0 saturated carbocycles. The predicted molar refractivity (Wildman–Crippen MR) is 78.4 cm³/mol. The van der Waals surface area contributed by atoms with E-state index in [2.05, 4.69) is 18.7 Å². The standard InChI is InChI=1S/C15H29NO4/c1-5-10-16(11-6-2)12-9-13(14(17)19-7-3)15(18)20-8-4/h13H,5-12H2,1-4H3. The third kappa shape index (κ3) is 7.48. The first-order valence-corrected chi connectivity index (χ1v) is 7.66. The van der Waals surface area contributed by atoms with Crippen molar-refractivity contribution >= 4 is 11.9 Å². The Hall–Kier alpha value is -1.10. The molecule has 0 amide bonds. The minimum absolute atomic E-state index is 0.280. The lowest BCUT2D eigenvalue weighted by Gasteiger charge is -2.23. The van der Waals surface area contributed by atoms with Crippen molar-refractivity contribution in [3.8, 4) is 0 Å². The first-order valence-electron chi connectivity index (χ1n) is 7.66. The number of hydrogen-bond donors (Lipinski definition) is 0. The summed E-state index contributed by atoms with van der Waals surface area (Å²) in [6.45, 7) is 10.9. The molecule has 0 radical (unpaired) electrons. The van der Waals surface area contributed by atoms with E-state index in [0.29, 0.717) is 13.0 Å². The molecule has 0 unspecified atom stereocenters. The van der Waals surface area contributed by atoms with Crippen molar-refractivity contribution < 1.29 is 19.1 Å². The zero-order chi connectivity index (χ0) is 15.4. The van der Waals surface area contributed by atoms with Crippen molar-refractivity contribution in [1.29, 1.82) is 0 Å². The molecule has 0 fully saturated rings. The van der Waals surface area contributed by atoms with E-state index in [9.17, 15) is 9.59 Å². The van der Waals surface area contributed by atoms with Crippen LogP contribution in [0.25, 0.3) is 0 Å². The van der Waals surface area contributed by atoms with Gasteiger partial charge in [-0.2, -0.15) is 0 Å². The molecule has 0 rings (SSSR count). The third-order valence-corrected chi connectivity index (χ3v) is 2.96. The number of ether oxygens (including phenoxy) is 2. The van der Waals surface area contributed by atoms with Crippen LogP contribution in [0.2, 0.25) is 0 Å². The molecular formula is C15H29NO4. The van der Waals surface area contributed by atoms with Gasteiger partial charge >= 0.3 is 11.9 Å². The largest absolute Gasteiger partial charge is 0.465 e. The zero-order valence-corrected chi connectivity index (χ0v) is 13.3.